The summed E-state index contributed by atoms with van der Waals surface area (Å²) in [7, 11) is -0.593. The van der Waals surface area contributed by atoms with Crippen molar-refractivity contribution >= 4 is 10.8 Å². The van der Waals surface area contributed by atoms with Gasteiger partial charge >= 0.3 is 0 Å². The van der Waals surface area contributed by atoms with Gasteiger partial charge in [0.1, 0.15) is 0 Å². The highest BCUT2D eigenvalue weighted by Crippen LogP contribution is 2.18. The van der Waals surface area contributed by atoms with Crippen molar-refractivity contribution in [3.05, 3.63) is 0 Å². The van der Waals surface area contributed by atoms with Crippen molar-refractivity contribution in [3.63, 3.8) is 0 Å². The van der Waals surface area contributed by atoms with Crippen LogP contribution >= 0.6 is 0 Å². The Morgan fingerprint density at radius 2 is 1.67 bits per heavy atom. The van der Waals surface area contributed by atoms with Gasteiger partial charge in [-0.3, -0.25) is 4.21 Å². The quantitative estimate of drug-likeness (QED) is 0.546. The minimum absolute atomic E-state index is 0.432. The standard InChI is InChI=1S/C13H28OS/c1-5-7-8-9-10-13(12(3)4)15(14)11-6-2/h12-13H,5-11H2,1-4H3. The fraction of sp³-hybridized carbons (Fsp3) is 1.00. The second-order valence-corrected chi connectivity index (χ2v) is 6.49. The molecular formula is C13H28OS. The predicted molar refractivity (Wildman–Crippen MR) is 70.7 cm³/mol. The first-order chi connectivity index (χ1) is 7.13. The number of unbranched alkanes of at least 4 members (excludes halogenated alkanes) is 3. The van der Waals surface area contributed by atoms with Crippen LogP contribution in [0.3, 0.4) is 0 Å². The third-order valence-corrected chi connectivity index (χ3v) is 5.09. The Hall–Kier alpha value is 0.150. The Kier molecular flexibility index (Phi) is 9.48. The summed E-state index contributed by atoms with van der Waals surface area (Å²) in [5, 5.41) is 0.432. The van der Waals surface area contributed by atoms with E-state index in [2.05, 4.69) is 27.7 Å². The van der Waals surface area contributed by atoms with Crippen LogP contribution in [0.25, 0.3) is 0 Å². The maximum atomic E-state index is 12.0. The molecule has 0 aromatic rings. The molecule has 1 nitrogen and oxygen atoms in total. The summed E-state index contributed by atoms with van der Waals surface area (Å²) in [5.74, 6) is 1.45. The van der Waals surface area contributed by atoms with Crippen molar-refractivity contribution in [2.75, 3.05) is 5.75 Å². The normalized spacial score (nSPS) is 15.5. The molecule has 0 bridgehead atoms. The average molecular weight is 232 g/mol. The fourth-order valence-corrected chi connectivity index (χ4v) is 3.63. The summed E-state index contributed by atoms with van der Waals surface area (Å²) < 4.78 is 12.0. The lowest BCUT2D eigenvalue weighted by atomic mass is 10.0. The third-order valence-electron chi connectivity index (χ3n) is 2.83. The maximum absolute atomic E-state index is 12.0. The van der Waals surface area contributed by atoms with Crippen LogP contribution in [0.2, 0.25) is 0 Å². The van der Waals surface area contributed by atoms with Crippen LogP contribution in [0, 0.1) is 5.92 Å². The zero-order chi connectivity index (χ0) is 11.7. The van der Waals surface area contributed by atoms with Gasteiger partial charge in [0.15, 0.2) is 0 Å². The summed E-state index contributed by atoms with van der Waals surface area (Å²) in [5.41, 5.74) is 0. The van der Waals surface area contributed by atoms with Gasteiger partial charge in [-0.05, 0) is 18.8 Å². The van der Waals surface area contributed by atoms with Gasteiger partial charge in [-0.2, -0.15) is 0 Å². The molecule has 0 aromatic carbocycles. The van der Waals surface area contributed by atoms with Gasteiger partial charge in [0.25, 0.3) is 0 Å². The molecule has 0 aliphatic carbocycles. The average Bonchev–Trinajstić information content (AvgIpc) is 2.17. The lowest BCUT2D eigenvalue weighted by Crippen LogP contribution is -2.23. The summed E-state index contributed by atoms with van der Waals surface area (Å²) in [6.45, 7) is 8.76. The smallest absolute Gasteiger partial charge is 0.0370 e. The first-order valence-electron chi connectivity index (χ1n) is 6.50. The summed E-state index contributed by atoms with van der Waals surface area (Å²) in [6.07, 6.45) is 7.37. The third kappa shape index (κ3) is 7.10. The maximum Gasteiger partial charge on any atom is 0.0370 e. The molecule has 0 amide bonds. The van der Waals surface area contributed by atoms with Crippen LogP contribution in [0.1, 0.15) is 66.2 Å². The molecule has 2 unspecified atom stereocenters. The Labute approximate surface area is 98.5 Å². The first kappa shape index (κ1) is 15.2. The molecular weight excluding hydrogens is 204 g/mol. The van der Waals surface area contributed by atoms with E-state index in [9.17, 15) is 4.21 Å². The molecule has 0 rings (SSSR count). The van der Waals surface area contributed by atoms with Crippen LogP contribution in [-0.2, 0) is 10.8 Å². The summed E-state index contributed by atoms with van der Waals surface area (Å²) in [6, 6.07) is 0. The van der Waals surface area contributed by atoms with Crippen molar-refractivity contribution in [2.45, 2.75) is 71.5 Å². The SMILES string of the molecule is CCCCCCC(C(C)C)S(=O)CCC. The molecule has 0 aromatic heterocycles. The van der Waals surface area contributed by atoms with Crippen LogP contribution in [0.15, 0.2) is 0 Å². The lowest BCUT2D eigenvalue weighted by molar-refractivity contribution is 0.517. The van der Waals surface area contributed by atoms with Crippen molar-refractivity contribution in [2.24, 2.45) is 5.92 Å². The number of hydrogen-bond donors (Lipinski definition) is 0. The van der Waals surface area contributed by atoms with E-state index >= 15 is 0 Å². The monoisotopic (exact) mass is 232 g/mol. The van der Waals surface area contributed by atoms with Crippen molar-refractivity contribution in [3.8, 4) is 0 Å². The van der Waals surface area contributed by atoms with Gasteiger partial charge in [-0.25, -0.2) is 0 Å². The molecule has 0 fully saturated rings. The Morgan fingerprint density at radius 3 is 2.13 bits per heavy atom. The van der Waals surface area contributed by atoms with Crippen molar-refractivity contribution in [1.29, 1.82) is 0 Å². The van der Waals surface area contributed by atoms with Gasteiger partial charge in [0, 0.05) is 21.8 Å². The minimum Gasteiger partial charge on any atom is -0.259 e. The van der Waals surface area contributed by atoms with E-state index in [1.807, 2.05) is 0 Å². The topological polar surface area (TPSA) is 17.1 Å². The molecule has 0 heterocycles. The van der Waals surface area contributed by atoms with E-state index in [1.54, 1.807) is 0 Å². The molecule has 0 saturated heterocycles. The van der Waals surface area contributed by atoms with Crippen molar-refractivity contribution < 1.29 is 4.21 Å². The molecule has 2 heteroatoms. The van der Waals surface area contributed by atoms with Gasteiger partial charge in [-0.1, -0.05) is 53.4 Å². The predicted octanol–water partition coefficient (Wildman–Crippen LogP) is 4.14. The second kappa shape index (κ2) is 9.38. The van der Waals surface area contributed by atoms with Crippen LogP contribution < -0.4 is 0 Å². The van der Waals surface area contributed by atoms with Crippen LogP contribution in [0.4, 0.5) is 0 Å². The lowest BCUT2D eigenvalue weighted by Gasteiger charge is -2.19. The molecule has 0 radical (unpaired) electrons. The summed E-state index contributed by atoms with van der Waals surface area (Å²) >= 11 is 0. The van der Waals surface area contributed by atoms with E-state index in [0.717, 1.165) is 18.6 Å². The minimum atomic E-state index is -0.593. The molecule has 0 spiro atoms. The van der Waals surface area contributed by atoms with Gasteiger partial charge in [-0.15, -0.1) is 0 Å². The molecule has 0 aliphatic rings. The van der Waals surface area contributed by atoms with E-state index in [4.69, 9.17) is 0 Å². The highest BCUT2D eigenvalue weighted by molar-refractivity contribution is 7.85. The molecule has 0 saturated carbocycles. The summed E-state index contributed by atoms with van der Waals surface area (Å²) in [4.78, 5) is 0. The molecule has 15 heavy (non-hydrogen) atoms. The van der Waals surface area contributed by atoms with E-state index in [-0.39, 0.29) is 0 Å². The molecule has 0 N–H and O–H groups in total. The van der Waals surface area contributed by atoms with Crippen molar-refractivity contribution in [1.82, 2.24) is 0 Å². The Bertz CT molecular complexity index is 166. The Morgan fingerprint density at radius 1 is 1.00 bits per heavy atom. The fourth-order valence-electron chi connectivity index (χ4n) is 1.89. The molecule has 0 aliphatic heterocycles. The van der Waals surface area contributed by atoms with Gasteiger partial charge in [0.05, 0.1) is 0 Å². The number of hydrogen-bond acceptors (Lipinski definition) is 1. The number of rotatable bonds is 9. The van der Waals surface area contributed by atoms with E-state index in [1.165, 1.54) is 25.7 Å². The van der Waals surface area contributed by atoms with Crippen LogP contribution in [0.5, 0.6) is 0 Å². The largest absolute Gasteiger partial charge is 0.259 e. The van der Waals surface area contributed by atoms with Gasteiger partial charge in [0.2, 0.25) is 0 Å². The second-order valence-electron chi connectivity index (χ2n) is 4.72. The Balaban J connectivity index is 3.88. The first-order valence-corrected chi connectivity index (χ1v) is 7.88. The van der Waals surface area contributed by atoms with Crippen LogP contribution in [-0.4, -0.2) is 15.2 Å². The molecule has 2 atom stereocenters. The zero-order valence-electron chi connectivity index (χ0n) is 10.9. The molecule has 92 valence electrons. The zero-order valence-corrected chi connectivity index (χ0v) is 11.7. The van der Waals surface area contributed by atoms with E-state index < -0.39 is 10.8 Å². The van der Waals surface area contributed by atoms with Gasteiger partial charge < -0.3 is 0 Å². The highest BCUT2D eigenvalue weighted by atomic mass is 32.2. The highest BCUT2D eigenvalue weighted by Gasteiger charge is 2.19. The van der Waals surface area contributed by atoms with E-state index in [0.29, 0.717) is 11.2 Å².